The minimum atomic E-state index is -0.332. The van der Waals surface area contributed by atoms with Crippen LogP contribution in [-0.4, -0.2) is 17.6 Å². The Morgan fingerprint density at radius 2 is 2.38 bits per heavy atom. The number of hydrogen-bond acceptors (Lipinski definition) is 2. The van der Waals surface area contributed by atoms with Crippen molar-refractivity contribution in [1.82, 2.24) is 4.98 Å². The molecule has 13 heavy (non-hydrogen) atoms. The Morgan fingerprint density at radius 3 is 2.92 bits per heavy atom. The Labute approximate surface area is 77.1 Å². The summed E-state index contributed by atoms with van der Waals surface area (Å²) in [6.07, 6.45) is 3.37. The summed E-state index contributed by atoms with van der Waals surface area (Å²) < 4.78 is 4.88. The normalized spacial score (nSPS) is 8.77. The van der Waals surface area contributed by atoms with Gasteiger partial charge in [-0.15, -0.1) is 5.92 Å². The van der Waals surface area contributed by atoms with E-state index in [4.69, 9.17) is 4.74 Å². The highest BCUT2D eigenvalue weighted by molar-refractivity contribution is 5.90. The first-order valence-corrected chi connectivity index (χ1v) is 3.96. The lowest BCUT2D eigenvalue weighted by Gasteiger charge is -1.98. The quantitative estimate of drug-likeness (QED) is 0.549. The average Bonchev–Trinajstić information content (AvgIpc) is 2.52. The maximum absolute atomic E-state index is 11.3. The van der Waals surface area contributed by atoms with Gasteiger partial charge in [0.25, 0.3) is 0 Å². The number of nitrogens with one attached hydrogen (secondary N) is 1. The van der Waals surface area contributed by atoms with Crippen molar-refractivity contribution in [2.45, 2.75) is 13.8 Å². The molecule has 1 N–H and O–H groups in total. The molecular formula is C10H11NO2. The van der Waals surface area contributed by atoms with Gasteiger partial charge in [0.15, 0.2) is 6.61 Å². The monoisotopic (exact) mass is 177 g/mol. The fourth-order valence-electron chi connectivity index (χ4n) is 0.913. The lowest BCUT2D eigenvalue weighted by Crippen LogP contribution is -2.05. The zero-order valence-corrected chi connectivity index (χ0v) is 7.68. The number of carbonyl (C=O) groups excluding carboxylic acids is 1. The number of ether oxygens (including phenoxy) is 1. The summed E-state index contributed by atoms with van der Waals surface area (Å²) in [5.74, 6) is 4.97. The number of aryl methyl sites for hydroxylation is 1. The summed E-state index contributed by atoms with van der Waals surface area (Å²) in [5.41, 5.74) is 1.45. The Kier molecular flexibility index (Phi) is 3.15. The third-order valence-electron chi connectivity index (χ3n) is 1.62. The molecule has 3 heteroatoms. The van der Waals surface area contributed by atoms with Gasteiger partial charge >= 0.3 is 5.97 Å². The van der Waals surface area contributed by atoms with E-state index in [1.54, 1.807) is 19.3 Å². The second-order valence-electron chi connectivity index (χ2n) is 2.55. The predicted octanol–water partition coefficient (Wildman–Crippen LogP) is 1.50. The highest BCUT2D eigenvalue weighted by Gasteiger charge is 2.09. The number of esters is 1. The SMILES string of the molecule is CC#CCOC(=O)c1c[nH]cc1C. The van der Waals surface area contributed by atoms with Crippen molar-refractivity contribution in [3.8, 4) is 11.8 Å². The molecule has 0 spiro atoms. The smallest absolute Gasteiger partial charge is 0.340 e. The van der Waals surface area contributed by atoms with Crippen LogP contribution in [0.1, 0.15) is 22.8 Å². The van der Waals surface area contributed by atoms with Crippen LogP contribution in [0.15, 0.2) is 12.4 Å². The first-order valence-electron chi connectivity index (χ1n) is 3.96. The van der Waals surface area contributed by atoms with Crippen LogP contribution < -0.4 is 0 Å². The second kappa shape index (κ2) is 4.36. The van der Waals surface area contributed by atoms with Crippen molar-refractivity contribution >= 4 is 5.97 Å². The van der Waals surface area contributed by atoms with Crippen molar-refractivity contribution in [2.24, 2.45) is 0 Å². The number of H-pyrrole nitrogens is 1. The molecule has 3 nitrogen and oxygen atoms in total. The van der Waals surface area contributed by atoms with E-state index in [2.05, 4.69) is 16.8 Å². The highest BCUT2D eigenvalue weighted by atomic mass is 16.5. The van der Waals surface area contributed by atoms with Crippen LogP contribution in [0.4, 0.5) is 0 Å². The molecule has 0 amide bonds. The number of carbonyl (C=O) groups is 1. The van der Waals surface area contributed by atoms with Gasteiger partial charge in [-0.05, 0) is 19.4 Å². The minimum absolute atomic E-state index is 0.153. The summed E-state index contributed by atoms with van der Waals surface area (Å²) in [7, 11) is 0. The highest BCUT2D eigenvalue weighted by Crippen LogP contribution is 2.06. The minimum Gasteiger partial charge on any atom is -0.449 e. The molecular weight excluding hydrogens is 166 g/mol. The summed E-state index contributed by atoms with van der Waals surface area (Å²) >= 11 is 0. The molecule has 0 unspecified atom stereocenters. The maximum atomic E-state index is 11.3. The molecule has 0 saturated carbocycles. The fourth-order valence-corrected chi connectivity index (χ4v) is 0.913. The van der Waals surface area contributed by atoms with Crippen LogP contribution in [-0.2, 0) is 4.74 Å². The van der Waals surface area contributed by atoms with E-state index in [0.717, 1.165) is 5.56 Å². The topological polar surface area (TPSA) is 42.1 Å². The largest absolute Gasteiger partial charge is 0.449 e. The second-order valence-corrected chi connectivity index (χ2v) is 2.55. The van der Waals surface area contributed by atoms with E-state index < -0.39 is 0 Å². The van der Waals surface area contributed by atoms with Gasteiger partial charge in [-0.1, -0.05) is 5.92 Å². The standard InChI is InChI=1S/C10H11NO2/c1-3-4-5-13-10(12)9-7-11-6-8(9)2/h6-7,11H,5H2,1-2H3. The molecule has 1 rings (SSSR count). The van der Waals surface area contributed by atoms with Crippen molar-refractivity contribution in [2.75, 3.05) is 6.61 Å². The third kappa shape index (κ3) is 2.38. The van der Waals surface area contributed by atoms with Crippen LogP contribution in [0.2, 0.25) is 0 Å². The molecule has 0 saturated heterocycles. The first-order chi connectivity index (χ1) is 6.25. The molecule has 0 aliphatic heterocycles. The predicted molar refractivity (Wildman–Crippen MR) is 49.3 cm³/mol. The van der Waals surface area contributed by atoms with Gasteiger partial charge in [-0.3, -0.25) is 0 Å². The molecule has 0 aliphatic carbocycles. The molecule has 0 radical (unpaired) electrons. The Bertz CT molecular complexity index is 354. The van der Waals surface area contributed by atoms with E-state index in [-0.39, 0.29) is 12.6 Å². The van der Waals surface area contributed by atoms with Crippen LogP contribution in [0.3, 0.4) is 0 Å². The van der Waals surface area contributed by atoms with Gasteiger partial charge < -0.3 is 9.72 Å². The Balaban J connectivity index is 2.57. The number of rotatable bonds is 2. The van der Waals surface area contributed by atoms with Crippen LogP contribution in [0, 0.1) is 18.8 Å². The molecule has 0 bridgehead atoms. The summed E-state index contributed by atoms with van der Waals surface area (Å²) in [4.78, 5) is 14.1. The Hall–Kier alpha value is -1.69. The maximum Gasteiger partial charge on any atom is 0.340 e. The van der Waals surface area contributed by atoms with E-state index in [9.17, 15) is 4.79 Å². The molecule has 68 valence electrons. The van der Waals surface area contributed by atoms with Crippen molar-refractivity contribution < 1.29 is 9.53 Å². The van der Waals surface area contributed by atoms with E-state index in [1.165, 1.54) is 0 Å². The zero-order valence-electron chi connectivity index (χ0n) is 7.68. The lowest BCUT2D eigenvalue weighted by atomic mass is 10.2. The molecule has 1 heterocycles. The summed E-state index contributed by atoms with van der Waals surface area (Å²) in [6.45, 7) is 3.70. The first kappa shape index (κ1) is 9.40. The van der Waals surface area contributed by atoms with Gasteiger partial charge in [-0.2, -0.15) is 0 Å². The van der Waals surface area contributed by atoms with Crippen molar-refractivity contribution in [3.05, 3.63) is 23.5 Å². The zero-order chi connectivity index (χ0) is 9.68. The summed E-state index contributed by atoms with van der Waals surface area (Å²) in [6, 6.07) is 0. The molecule has 1 aromatic rings. The van der Waals surface area contributed by atoms with Crippen LogP contribution in [0.25, 0.3) is 0 Å². The van der Waals surface area contributed by atoms with Gasteiger partial charge in [0.05, 0.1) is 5.56 Å². The number of aromatic amines is 1. The van der Waals surface area contributed by atoms with E-state index in [1.807, 2.05) is 6.92 Å². The Morgan fingerprint density at radius 1 is 1.62 bits per heavy atom. The van der Waals surface area contributed by atoms with Gasteiger partial charge in [-0.25, -0.2) is 4.79 Å². The van der Waals surface area contributed by atoms with Crippen molar-refractivity contribution in [3.63, 3.8) is 0 Å². The third-order valence-corrected chi connectivity index (χ3v) is 1.62. The van der Waals surface area contributed by atoms with Crippen LogP contribution in [0.5, 0.6) is 0 Å². The molecule has 1 aromatic heterocycles. The molecule has 0 aliphatic rings. The van der Waals surface area contributed by atoms with Crippen LogP contribution >= 0.6 is 0 Å². The lowest BCUT2D eigenvalue weighted by molar-refractivity contribution is 0.0556. The molecule has 0 aromatic carbocycles. The summed E-state index contributed by atoms with van der Waals surface area (Å²) in [5, 5.41) is 0. The molecule has 0 atom stereocenters. The van der Waals surface area contributed by atoms with E-state index in [0.29, 0.717) is 5.56 Å². The molecule has 0 fully saturated rings. The number of hydrogen-bond donors (Lipinski definition) is 1. The van der Waals surface area contributed by atoms with Gasteiger partial charge in [0.1, 0.15) is 0 Å². The number of aromatic nitrogens is 1. The van der Waals surface area contributed by atoms with Gasteiger partial charge in [0.2, 0.25) is 0 Å². The fraction of sp³-hybridized carbons (Fsp3) is 0.300. The van der Waals surface area contributed by atoms with Crippen molar-refractivity contribution in [1.29, 1.82) is 0 Å². The van der Waals surface area contributed by atoms with E-state index >= 15 is 0 Å². The average molecular weight is 177 g/mol. The van der Waals surface area contributed by atoms with Gasteiger partial charge in [0, 0.05) is 12.4 Å².